The van der Waals surface area contributed by atoms with E-state index in [1.54, 1.807) is 13.8 Å². The zero-order valence-corrected chi connectivity index (χ0v) is 8.85. The van der Waals surface area contributed by atoms with Gasteiger partial charge in [0.15, 0.2) is 0 Å². The Morgan fingerprint density at radius 2 is 2.25 bits per heavy atom. The predicted octanol–water partition coefficient (Wildman–Crippen LogP) is 1.07. The standard InChI is InChI=1S/C9H11N3O4/c1-8(2)4-9(8,7(13)14)6-5(12(15)16)3-10-11-6/h3H,4H2,1-2H3,(H,10,11)(H,13,14). The number of nitro groups is 1. The van der Waals surface area contributed by atoms with Crippen molar-refractivity contribution in [2.75, 3.05) is 0 Å². The smallest absolute Gasteiger partial charge is 0.316 e. The second-order valence-corrected chi connectivity index (χ2v) is 4.66. The van der Waals surface area contributed by atoms with Crippen LogP contribution >= 0.6 is 0 Å². The van der Waals surface area contributed by atoms with Crippen LogP contribution in [0.15, 0.2) is 6.20 Å². The van der Waals surface area contributed by atoms with E-state index in [0.29, 0.717) is 6.42 Å². The van der Waals surface area contributed by atoms with Crippen LogP contribution in [0, 0.1) is 15.5 Å². The van der Waals surface area contributed by atoms with Crippen molar-refractivity contribution in [2.45, 2.75) is 25.7 Å². The number of carboxylic acid groups (broad SMARTS) is 1. The summed E-state index contributed by atoms with van der Waals surface area (Å²) in [6.07, 6.45) is 1.42. The van der Waals surface area contributed by atoms with Crippen LogP contribution in [0.1, 0.15) is 26.0 Å². The number of nitrogens with zero attached hydrogens (tertiary/aromatic N) is 2. The number of H-pyrrole nitrogens is 1. The maximum absolute atomic E-state index is 11.3. The number of rotatable bonds is 3. The van der Waals surface area contributed by atoms with Gasteiger partial charge in [-0.2, -0.15) is 5.10 Å². The fraction of sp³-hybridized carbons (Fsp3) is 0.556. The Labute approximate surface area is 90.6 Å². The van der Waals surface area contributed by atoms with E-state index in [1.807, 2.05) is 0 Å². The lowest BCUT2D eigenvalue weighted by Gasteiger charge is -2.12. The van der Waals surface area contributed by atoms with Gasteiger partial charge in [0.1, 0.15) is 17.3 Å². The lowest BCUT2D eigenvalue weighted by Crippen LogP contribution is -2.26. The summed E-state index contributed by atoms with van der Waals surface area (Å²) < 4.78 is 0. The number of nitrogens with one attached hydrogen (secondary N) is 1. The third kappa shape index (κ3) is 1.08. The fourth-order valence-corrected chi connectivity index (χ4v) is 2.25. The van der Waals surface area contributed by atoms with Gasteiger partial charge in [-0.1, -0.05) is 13.8 Å². The molecule has 16 heavy (non-hydrogen) atoms. The van der Waals surface area contributed by atoms with Gasteiger partial charge in [0.05, 0.1) is 4.92 Å². The molecule has 1 aromatic rings. The zero-order chi connectivity index (χ0) is 12.1. The van der Waals surface area contributed by atoms with Gasteiger partial charge >= 0.3 is 11.7 Å². The molecule has 7 nitrogen and oxygen atoms in total. The first-order chi connectivity index (χ1) is 7.33. The number of aromatic nitrogens is 2. The first-order valence-electron chi connectivity index (χ1n) is 4.74. The van der Waals surface area contributed by atoms with E-state index in [4.69, 9.17) is 0 Å². The summed E-state index contributed by atoms with van der Waals surface area (Å²) in [5.41, 5.74) is -1.86. The SMILES string of the molecule is CC1(C)CC1(C(=O)O)c1[nH]ncc1[N+](=O)[O-]. The topological polar surface area (TPSA) is 109 Å². The minimum atomic E-state index is -1.20. The zero-order valence-electron chi connectivity index (χ0n) is 8.85. The Bertz CT molecular complexity index is 479. The van der Waals surface area contributed by atoms with Crippen LogP contribution in [0.25, 0.3) is 0 Å². The van der Waals surface area contributed by atoms with Crippen LogP contribution < -0.4 is 0 Å². The lowest BCUT2D eigenvalue weighted by molar-refractivity contribution is -0.385. The van der Waals surface area contributed by atoms with E-state index in [2.05, 4.69) is 10.2 Å². The average Bonchev–Trinajstić information content (AvgIpc) is 2.61. The van der Waals surface area contributed by atoms with Gasteiger partial charge in [-0.05, 0) is 11.8 Å². The van der Waals surface area contributed by atoms with Gasteiger partial charge in [-0.25, -0.2) is 0 Å². The summed E-state index contributed by atoms with van der Waals surface area (Å²) in [5.74, 6) is -1.05. The van der Waals surface area contributed by atoms with Crippen molar-refractivity contribution in [3.05, 3.63) is 22.0 Å². The van der Waals surface area contributed by atoms with Crippen molar-refractivity contribution in [3.63, 3.8) is 0 Å². The molecule has 0 aliphatic heterocycles. The average molecular weight is 225 g/mol. The van der Waals surface area contributed by atoms with Crippen molar-refractivity contribution < 1.29 is 14.8 Å². The molecule has 1 unspecified atom stereocenters. The Balaban J connectivity index is 2.56. The molecule has 0 saturated heterocycles. The van der Waals surface area contributed by atoms with E-state index >= 15 is 0 Å². The monoisotopic (exact) mass is 225 g/mol. The Kier molecular flexibility index (Phi) is 1.86. The molecule has 7 heteroatoms. The molecule has 0 bridgehead atoms. The first kappa shape index (κ1) is 10.6. The highest BCUT2D eigenvalue weighted by atomic mass is 16.6. The molecule has 0 spiro atoms. The summed E-state index contributed by atoms with van der Waals surface area (Å²) in [4.78, 5) is 21.4. The minimum absolute atomic E-state index is 0.0926. The summed E-state index contributed by atoms with van der Waals surface area (Å²) in [6.45, 7) is 3.54. The van der Waals surface area contributed by atoms with E-state index in [0.717, 1.165) is 6.20 Å². The number of hydrogen-bond donors (Lipinski definition) is 2. The number of aliphatic carboxylic acids is 1. The van der Waals surface area contributed by atoms with E-state index in [9.17, 15) is 20.0 Å². The third-order valence-electron chi connectivity index (χ3n) is 3.35. The molecule has 0 radical (unpaired) electrons. The number of aromatic amines is 1. The Morgan fingerprint density at radius 1 is 1.69 bits per heavy atom. The highest BCUT2D eigenvalue weighted by Crippen LogP contribution is 2.65. The first-order valence-corrected chi connectivity index (χ1v) is 4.74. The van der Waals surface area contributed by atoms with E-state index in [1.165, 1.54) is 0 Å². The van der Waals surface area contributed by atoms with Gasteiger partial charge in [-0.15, -0.1) is 0 Å². The second-order valence-electron chi connectivity index (χ2n) is 4.66. The molecule has 2 rings (SSSR count). The maximum Gasteiger partial charge on any atom is 0.316 e. The molecule has 86 valence electrons. The van der Waals surface area contributed by atoms with Crippen LogP contribution in [-0.4, -0.2) is 26.2 Å². The van der Waals surface area contributed by atoms with E-state index < -0.39 is 21.7 Å². The number of carbonyl (C=O) groups is 1. The number of carboxylic acids is 1. The van der Waals surface area contributed by atoms with Crippen molar-refractivity contribution >= 4 is 11.7 Å². The summed E-state index contributed by atoms with van der Waals surface area (Å²) in [6, 6.07) is 0. The van der Waals surface area contributed by atoms with Crippen molar-refractivity contribution in [1.29, 1.82) is 0 Å². The van der Waals surface area contributed by atoms with Gasteiger partial charge in [0, 0.05) is 0 Å². The van der Waals surface area contributed by atoms with Crippen molar-refractivity contribution in [2.24, 2.45) is 5.41 Å². The van der Waals surface area contributed by atoms with Crippen LogP contribution in [0.2, 0.25) is 0 Å². The molecular weight excluding hydrogens is 214 g/mol. The summed E-state index contributed by atoms with van der Waals surface area (Å²) in [7, 11) is 0. The molecule has 1 saturated carbocycles. The third-order valence-corrected chi connectivity index (χ3v) is 3.35. The largest absolute Gasteiger partial charge is 0.481 e. The van der Waals surface area contributed by atoms with Crippen LogP contribution in [0.3, 0.4) is 0 Å². The molecular formula is C9H11N3O4. The maximum atomic E-state index is 11.3. The predicted molar refractivity (Wildman–Crippen MR) is 53.0 cm³/mol. The van der Waals surface area contributed by atoms with Crippen molar-refractivity contribution in [1.82, 2.24) is 10.2 Å². The molecule has 0 amide bonds. The van der Waals surface area contributed by atoms with Crippen LogP contribution in [-0.2, 0) is 10.2 Å². The Morgan fingerprint density at radius 3 is 2.62 bits per heavy atom. The van der Waals surface area contributed by atoms with Crippen LogP contribution in [0.4, 0.5) is 5.69 Å². The molecule has 1 atom stereocenters. The fourth-order valence-electron chi connectivity index (χ4n) is 2.25. The van der Waals surface area contributed by atoms with Gasteiger partial charge in [-0.3, -0.25) is 20.0 Å². The van der Waals surface area contributed by atoms with Gasteiger partial charge in [0.25, 0.3) is 0 Å². The number of hydrogen-bond acceptors (Lipinski definition) is 4. The van der Waals surface area contributed by atoms with Crippen LogP contribution in [0.5, 0.6) is 0 Å². The molecule has 2 N–H and O–H groups in total. The van der Waals surface area contributed by atoms with Gasteiger partial charge < -0.3 is 5.11 Å². The molecule has 0 aromatic carbocycles. The second kappa shape index (κ2) is 2.81. The summed E-state index contributed by atoms with van der Waals surface area (Å²) in [5, 5.41) is 26.0. The van der Waals surface area contributed by atoms with Gasteiger partial charge in [0.2, 0.25) is 0 Å². The van der Waals surface area contributed by atoms with E-state index in [-0.39, 0.29) is 11.4 Å². The normalized spacial score (nSPS) is 26.4. The molecule has 1 aromatic heterocycles. The summed E-state index contributed by atoms with van der Waals surface area (Å²) >= 11 is 0. The Hall–Kier alpha value is -1.92. The quantitative estimate of drug-likeness (QED) is 0.590. The van der Waals surface area contributed by atoms with Crippen molar-refractivity contribution in [3.8, 4) is 0 Å². The highest BCUT2D eigenvalue weighted by molar-refractivity contribution is 5.87. The molecule has 1 fully saturated rings. The lowest BCUT2D eigenvalue weighted by atomic mass is 9.92. The molecule has 1 heterocycles. The highest BCUT2D eigenvalue weighted by Gasteiger charge is 2.70. The minimum Gasteiger partial charge on any atom is -0.481 e. The molecule has 1 aliphatic carbocycles. The molecule has 1 aliphatic rings.